The Morgan fingerprint density at radius 2 is 2.05 bits per heavy atom. The lowest BCUT2D eigenvalue weighted by molar-refractivity contribution is -0.135. The number of methoxy groups -OCH3 is 1. The number of rotatable bonds is 3. The van der Waals surface area contributed by atoms with Crippen molar-refractivity contribution < 1.29 is 22.3 Å². The molecule has 5 nitrogen and oxygen atoms in total. The van der Waals surface area contributed by atoms with Crippen LogP contribution in [0.1, 0.15) is 12.8 Å². The van der Waals surface area contributed by atoms with E-state index in [0.717, 1.165) is 19.2 Å². The number of halogens is 1. The van der Waals surface area contributed by atoms with Crippen molar-refractivity contribution in [2.75, 3.05) is 13.7 Å². The van der Waals surface area contributed by atoms with Gasteiger partial charge < -0.3 is 10.1 Å². The Morgan fingerprint density at radius 3 is 2.60 bits per heavy atom. The van der Waals surface area contributed by atoms with Gasteiger partial charge in [0.05, 0.1) is 7.11 Å². The maximum Gasteiger partial charge on any atom is 0.351 e. The Labute approximate surface area is 116 Å². The summed E-state index contributed by atoms with van der Waals surface area (Å²) in [5, 5.41) is 2.84. The summed E-state index contributed by atoms with van der Waals surface area (Å²) >= 11 is 0. The van der Waals surface area contributed by atoms with Crippen LogP contribution in [0.5, 0.6) is 0 Å². The van der Waals surface area contributed by atoms with E-state index in [2.05, 4.69) is 10.1 Å². The third kappa shape index (κ3) is 2.53. The summed E-state index contributed by atoms with van der Waals surface area (Å²) in [6.45, 7) is 0.572. The number of hydrogen-bond donors (Lipinski definition) is 1. The lowest BCUT2D eigenvalue weighted by Gasteiger charge is -2.11. The average Bonchev–Trinajstić information content (AvgIpc) is 2.92. The molecule has 0 spiro atoms. The van der Waals surface area contributed by atoms with Crippen LogP contribution >= 0.6 is 0 Å². The van der Waals surface area contributed by atoms with E-state index in [-0.39, 0.29) is 5.70 Å². The Balaban J connectivity index is 2.63. The molecule has 7 heteroatoms. The number of nitrogens with one attached hydrogen (secondary N) is 1. The molecule has 1 heterocycles. The summed E-state index contributed by atoms with van der Waals surface area (Å²) in [5.41, 5.74) is 0.278. The van der Waals surface area contributed by atoms with Crippen molar-refractivity contribution in [3.63, 3.8) is 0 Å². The number of allylic oxidation sites excluding steroid dienone is 1. The van der Waals surface area contributed by atoms with Crippen molar-refractivity contribution in [3.05, 3.63) is 40.7 Å². The zero-order valence-electron chi connectivity index (χ0n) is 10.8. The van der Waals surface area contributed by atoms with Gasteiger partial charge in [-0.15, -0.1) is 0 Å². The predicted octanol–water partition coefficient (Wildman–Crippen LogP) is 1.37. The van der Waals surface area contributed by atoms with Crippen LogP contribution in [0.3, 0.4) is 0 Å². The number of benzene rings is 1. The van der Waals surface area contributed by atoms with E-state index in [1.165, 1.54) is 12.1 Å². The molecule has 108 valence electrons. The Morgan fingerprint density at radius 1 is 1.35 bits per heavy atom. The minimum Gasteiger partial charge on any atom is -0.465 e. The second-order valence-corrected chi connectivity index (χ2v) is 6.12. The predicted molar refractivity (Wildman–Crippen MR) is 69.9 cm³/mol. The lowest BCUT2D eigenvalue weighted by Crippen LogP contribution is -2.22. The smallest absolute Gasteiger partial charge is 0.351 e. The van der Waals surface area contributed by atoms with E-state index < -0.39 is 31.4 Å². The SMILES string of the molecule is COC(=O)C(=C1CCCN1)S(=O)(=O)c1ccccc1F. The lowest BCUT2D eigenvalue weighted by atomic mass is 10.3. The molecule has 0 aliphatic carbocycles. The van der Waals surface area contributed by atoms with Gasteiger partial charge in [0, 0.05) is 12.2 Å². The molecule has 20 heavy (non-hydrogen) atoms. The molecule has 1 aromatic carbocycles. The third-order valence-corrected chi connectivity index (χ3v) is 4.84. The van der Waals surface area contributed by atoms with E-state index in [4.69, 9.17) is 0 Å². The van der Waals surface area contributed by atoms with E-state index in [1.807, 2.05) is 0 Å². The molecule has 1 fully saturated rings. The van der Waals surface area contributed by atoms with Crippen molar-refractivity contribution in [2.24, 2.45) is 0 Å². The third-order valence-electron chi connectivity index (χ3n) is 2.98. The highest BCUT2D eigenvalue weighted by Crippen LogP contribution is 2.27. The molecule has 1 aromatic rings. The topological polar surface area (TPSA) is 72.5 Å². The Hall–Kier alpha value is -1.89. The van der Waals surface area contributed by atoms with Crippen LogP contribution in [0.15, 0.2) is 39.8 Å². The highest BCUT2D eigenvalue weighted by Gasteiger charge is 2.34. The van der Waals surface area contributed by atoms with Crippen molar-refractivity contribution in [3.8, 4) is 0 Å². The zero-order valence-corrected chi connectivity index (χ0v) is 11.7. The molecule has 1 saturated heterocycles. The molecular formula is C13H14FNO4S. The van der Waals surface area contributed by atoms with Gasteiger partial charge in [-0.2, -0.15) is 0 Å². The minimum absolute atomic E-state index is 0.278. The fourth-order valence-corrected chi connectivity index (χ4v) is 3.65. The summed E-state index contributed by atoms with van der Waals surface area (Å²) in [4.78, 5) is 10.8. The molecule has 0 atom stereocenters. The number of hydrogen-bond acceptors (Lipinski definition) is 5. The van der Waals surface area contributed by atoms with Crippen LogP contribution in [-0.4, -0.2) is 28.0 Å². The van der Waals surface area contributed by atoms with Crippen molar-refractivity contribution in [2.45, 2.75) is 17.7 Å². The van der Waals surface area contributed by atoms with Gasteiger partial charge in [0.25, 0.3) is 0 Å². The summed E-state index contributed by atoms with van der Waals surface area (Å²) < 4.78 is 43.3. The van der Waals surface area contributed by atoms with Crippen molar-refractivity contribution in [1.29, 1.82) is 0 Å². The second kappa shape index (κ2) is 5.62. The van der Waals surface area contributed by atoms with Crippen LogP contribution in [0.4, 0.5) is 4.39 Å². The molecule has 0 bridgehead atoms. The highest BCUT2D eigenvalue weighted by molar-refractivity contribution is 7.96. The van der Waals surface area contributed by atoms with Crippen LogP contribution in [0.2, 0.25) is 0 Å². The van der Waals surface area contributed by atoms with E-state index >= 15 is 0 Å². The summed E-state index contributed by atoms with van der Waals surface area (Å²) in [5.74, 6) is -1.88. The quantitative estimate of drug-likeness (QED) is 0.674. The first-order valence-electron chi connectivity index (χ1n) is 6.03. The van der Waals surface area contributed by atoms with E-state index in [9.17, 15) is 17.6 Å². The first kappa shape index (κ1) is 14.5. The van der Waals surface area contributed by atoms with Gasteiger partial charge in [-0.25, -0.2) is 17.6 Å². The Bertz CT molecular complexity index is 659. The van der Waals surface area contributed by atoms with Gasteiger partial charge >= 0.3 is 5.97 Å². The largest absolute Gasteiger partial charge is 0.465 e. The van der Waals surface area contributed by atoms with Crippen molar-refractivity contribution >= 4 is 15.8 Å². The standard InChI is InChI=1S/C13H14FNO4S/c1-19-13(16)12(10-6-4-8-15-10)20(17,18)11-7-3-2-5-9(11)14/h2-3,5,7,15H,4,6,8H2,1H3. The molecule has 1 N–H and O–H groups in total. The molecule has 2 rings (SSSR count). The zero-order chi connectivity index (χ0) is 14.8. The number of sulfone groups is 1. The first-order valence-corrected chi connectivity index (χ1v) is 7.51. The molecule has 0 unspecified atom stereocenters. The van der Waals surface area contributed by atoms with Crippen LogP contribution in [0.25, 0.3) is 0 Å². The molecule has 0 aromatic heterocycles. The fourth-order valence-electron chi connectivity index (χ4n) is 2.05. The summed E-state index contributed by atoms with van der Waals surface area (Å²) in [6, 6.07) is 4.95. The normalized spacial score (nSPS) is 17.5. The van der Waals surface area contributed by atoms with Gasteiger partial charge in [-0.1, -0.05) is 12.1 Å². The summed E-state index contributed by atoms with van der Waals surface area (Å²) in [7, 11) is -3.17. The molecule has 0 radical (unpaired) electrons. The summed E-state index contributed by atoms with van der Waals surface area (Å²) in [6.07, 6.45) is 1.13. The van der Waals surface area contributed by atoms with Crippen molar-refractivity contribution in [1.82, 2.24) is 5.32 Å². The van der Waals surface area contributed by atoms with Gasteiger partial charge in [-0.3, -0.25) is 0 Å². The first-order chi connectivity index (χ1) is 9.48. The van der Waals surface area contributed by atoms with Crippen LogP contribution < -0.4 is 5.32 Å². The molecule has 1 aliphatic rings. The monoisotopic (exact) mass is 299 g/mol. The number of carbonyl (C=O) groups excluding carboxylic acids is 1. The second-order valence-electron chi connectivity index (χ2n) is 4.26. The number of carbonyl (C=O) groups is 1. The average molecular weight is 299 g/mol. The minimum atomic E-state index is -4.26. The number of esters is 1. The van der Waals surface area contributed by atoms with Crippen LogP contribution in [-0.2, 0) is 19.4 Å². The maximum atomic E-state index is 13.7. The molecule has 0 amide bonds. The highest BCUT2D eigenvalue weighted by atomic mass is 32.2. The van der Waals surface area contributed by atoms with E-state index in [1.54, 1.807) is 0 Å². The van der Waals surface area contributed by atoms with Gasteiger partial charge in [0.2, 0.25) is 9.84 Å². The fraction of sp³-hybridized carbons (Fsp3) is 0.308. The van der Waals surface area contributed by atoms with E-state index in [0.29, 0.717) is 19.4 Å². The molecule has 1 aliphatic heterocycles. The Kier molecular flexibility index (Phi) is 4.08. The van der Waals surface area contributed by atoms with Gasteiger partial charge in [0.15, 0.2) is 4.91 Å². The molecular weight excluding hydrogens is 285 g/mol. The van der Waals surface area contributed by atoms with Gasteiger partial charge in [-0.05, 0) is 25.0 Å². The van der Waals surface area contributed by atoms with Crippen LogP contribution in [0, 0.1) is 5.82 Å². The number of ether oxygens (including phenoxy) is 1. The molecule has 0 saturated carbocycles. The van der Waals surface area contributed by atoms with Gasteiger partial charge in [0.1, 0.15) is 10.7 Å². The maximum absolute atomic E-state index is 13.7.